The standard InChI is InChI=1S/C6H13NO.BH3/c1-2-3-4-5-6(7)8;/h2-5H2,1H3,(H2,7,8);1H3. The number of carbonyl (C=O) groups excluding carboxylic acids is 1. The number of hydrogen-bond donors (Lipinski definition) is 1. The summed E-state index contributed by atoms with van der Waals surface area (Å²) < 4.78 is 0. The molecule has 0 aliphatic carbocycles. The molecule has 0 aliphatic rings. The summed E-state index contributed by atoms with van der Waals surface area (Å²) in [6.07, 6.45) is 3.76. The first kappa shape index (κ1) is 11.3. The fraction of sp³-hybridized carbons (Fsp3) is 0.833. The van der Waals surface area contributed by atoms with E-state index in [-0.39, 0.29) is 14.3 Å². The summed E-state index contributed by atoms with van der Waals surface area (Å²) >= 11 is 0. The molecule has 0 aromatic carbocycles. The van der Waals surface area contributed by atoms with Gasteiger partial charge in [-0.2, -0.15) is 0 Å². The average Bonchev–Trinajstić information content (AvgIpc) is 1.66. The molecule has 54 valence electrons. The fourth-order valence-electron chi connectivity index (χ4n) is 0.549. The van der Waals surface area contributed by atoms with Crippen molar-refractivity contribution in [3.63, 3.8) is 0 Å². The van der Waals surface area contributed by atoms with Crippen LogP contribution in [0.25, 0.3) is 0 Å². The number of nitrogens with two attached hydrogens (primary N) is 1. The molecule has 9 heavy (non-hydrogen) atoms. The normalized spacial score (nSPS) is 8.11. The first-order chi connectivity index (χ1) is 3.77. The highest BCUT2D eigenvalue weighted by Crippen LogP contribution is 1.96. The van der Waals surface area contributed by atoms with Crippen molar-refractivity contribution in [2.75, 3.05) is 0 Å². The molecule has 0 fully saturated rings. The highest BCUT2D eigenvalue weighted by atomic mass is 16.1. The zero-order valence-electron chi connectivity index (χ0n) is 5.31. The third-order valence-corrected chi connectivity index (χ3v) is 1.03. The number of unbranched alkanes of at least 4 members (excludes halogenated alkanes) is 2. The fourth-order valence-corrected chi connectivity index (χ4v) is 0.549. The highest BCUT2D eigenvalue weighted by molar-refractivity contribution is 5.75. The Morgan fingerprint density at radius 3 is 2.33 bits per heavy atom. The van der Waals surface area contributed by atoms with Crippen LogP contribution in [-0.2, 0) is 4.79 Å². The third kappa shape index (κ3) is 11.2. The Morgan fingerprint density at radius 1 is 1.44 bits per heavy atom. The molecule has 0 unspecified atom stereocenters. The van der Waals surface area contributed by atoms with Gasteiger partial charge in [0.15, 0.2) is 0 Å². The number of amides is 1. The second-order valence-electron chi connectivity index (χ2n) is 1.92. The zero-order valence-corrected chi connectivity index (χ0v) is 5.31. The molecule has 0 saturated carbocycles. The molecule has 1 amide bonds. The van der Waals surface area contributed by atoms with Gasteiger partial charge in [-0.1, -0.05) is 19.8 Å². The molecule has 0 spiro atoms. The van der Waals surface area contributed by atoms with E-state index in [4.69, 9.17) is 5.73 Å². The van der Waals surface area contributed by atoms with Crippen LogP contribution in [0.3, 0.4) is 0 Å². The van der Waals surface area contributed by atoms with Gasteiger partial charge < -0.3 is 5.73 Å². The van der Waals surface area contributed by atoms with Crippen molar-refractivity contribution in [2.24, 2.45) is 5.73 Å². The van der Waals surface area contributed by atoms with Crippen molar-refractivity contribution >= 4 is 14.3 Å². The second-order valence-corrected chi connectivity index (χ2v) is 1.92. The molecule has 0 rings (SSSR count). The van der Waals surface area contributed by atoms with Crippen molar-refractivity contribution in [3.8, 4) is 0 Å². The van der Waals surface area contributed by atoms with Crippen LogP contribution in [0.1, 0.15) is 32.6 Å². The summed E-state index contributed by atoms with van der Waals surface area (Å²) in [4.78, 5) is 10.1. The van der Waals surface area contributed by atoms with Crippen LogP contribution in [0.4, 0.5) is 0 Å². The van der Waals surface area contributed by atoms with Gasteiger partial charge in [-0.25, -0.2) is 0 Å². The van der Waals surface area contributed by atoms with Crippen LogP contribution >= 0.6 is 0 Å². The summed E-state index contributed by atoms with van der Waals surface area (Å²) in [5, 5.41) is 0. The van der Waals surface area contributed by atoms with E-state index < -0.39 is 0 Å². The maximum atomic E-state index is 10.1. The van der Waals surface area contributed by atoms with E-state index in [9.17, 15) is 4.79 Å². The first-order valence-electron chi connectivity index (χ1n) is 3.05. The summed E-state index contributed by atoms with van der Waals surface area (Å²) in [6, 6.07) is 0. The van der Waals surface area contributed by atoms with Crippen LogP contribution in [0.2, 0.25) is 0 Å². The predicted molar refractivity (Wildman–Crippen MR) is 43.3 cm³/mol. The maximum absolute atomic E-state index is 10.1. The van der Waals surface area contributed by atoms with E-state index in [2.05, 4.69) is 6.92 Å². The van der Waals surface area contributed by atoms with Gasteiger partial charge in [0.2, 0.25) is 5.91 Å². The molecule has 0 radical (unpaired) electrons. The van der Waals surface area contributed by atoms with Gasteiger partial charge in [-0.05, 0) is 6.42 Å². The van der Waals surface area contributed by atoms with Gasteiger partial charge in [-0.3, -0.25) is 4.79 Å². The third-order valence-electron chi connectivity index (χ3n) is 1.03. The maximum Gasteiger partial charge on any atom is 0.217 e. The van der Waals surface area contributed by atoms with Crippen molar-refractivity contribution < 1.29 is 4.79 Å². The molecule has 0 atom stereocenters. The van der Waals surface area contributed by atoms with E-state index in [0.717, 1.165) is 19.3 Å². The molecule has 0 bridgehead atoms. The molecule has 2 N–H and O–H groups in total. The molecular weight excluding hydrogens is 113 g/mol. The lowest BCUT2D eigenvalue weighted by Crippen LogP contribution is -2.09. The molecule has 0 aliphatic heterocycles. The second kappa shape index (κ2) is 7.53. The Labute approximate surface area is 58.4 Å². The molecule has 0 aromatic rings. The Balaban J connectivity index is 0. The Kier molecular flexibility index (Phi) is 9.50. The zero-order chi connectivity index (χ0) is 6.41. The quantitative estimate of drug-likeness (QED) is 0.417. The van der Waals surface area contributed by atoms with Crippen LogP contribution in [0.15, 0.2) is 0 Å². The largest absolute Gasteiger partial charge is 0.370 e. The molecule has 0 heterocycles. The Hall–Kier alpha value is -0.465. The monoisotopic (exact) mass is 129 g/mol. The SMILES string of the molecule is B.CCCCCC(N)=O. The summed E-state index contributed by atoms with van der Waals surface area (Å²) in [5.41, 5.74) is 4.89. The molecular formula is C6H16BNO. The van der Waals surface area contributed by atoms with Gasteiger partial charge >= 0.3 is 0 Å². The minimum absolute atomic E-state index is 0. The van der Waals surface area contributed by atoms with Gasteiger partial charge in [0.05, 0.1) is 8.41 Å². The number of rotatable bonds is 4. The van der Waals surface area contributed by atoms with Crippen LogP contribution in [0.5, 0.6) is 0 Å². The van der Waals surface area contributed by atoms with Crippen LogP contribution in [-0.4, -0.2) is 14.3 Å². The van der Waals surface area contributed by atoms with Crippen LogP contribution in [0, 0.1) is 0 Å². The summed E-state index contributed by atoms with van der Waals surface area (Å²) in [5.74, 6) is -0.182. The Morgan fingerprint density at radius 2 is 2.00 bits per heavy atom. The molecule has 2 nitrogen and oxygen atoms in total. The number of carbonyl (C=O) groups is 1. The van der Waals surface area contributed by atoms with Crippen molar-refractivity contribution in [2.45, 2.75) is 32.6 Å². The van der Waals surface area contributed by atoms with E-state index in [1.807, 2.05) is 0 Å². The smallest absolute Gasteiger partial charge is 0.217 e. The van der Waals surface area contributed by atoms with E-state index >= 15 is 0 Å². The minimum Gasteiger partial charge on any atom is -0.370 e. The molecule has 0 saturated heterocycles. The topological polar surface area (TPSA) is 43.1 Å². The summed E-state index contributed by atoms with van der Waals surface area (Å²) in [7, 11) is 0. The van der Waals surface area contributed by atoms with Crippen molar-refractivity contribution in [1.82, 2.24) is 0 Å². The van der Waals surface area contributed by atoms with Gasteiger partial charge in [-0.15, -0.1) is 0 Å². The van der Waals surface area contributed by atoms with E-state index in [0.29, 0.717) is 6.42 Å². The number of hydrogen-bond acceptors (Lipinski definition) is 1. The lowest BCUT2D eigenvalue weighted by atomic mass is 10.2. The van der Waals surface area contributed by atoms with E-state index in [1.54, 1.807) is 0 Å². The molecule has 3 heteroatoms. The highest BCUT2D eigenvalue weighted by Gasteiger charge is 1.90. The average molecular weight is 129 g/mol. The predicted octanol–water partition coefficient (Wildman–Crippen LogP) is -0.132. The van der Waals surface area contributed by atoms with Gasteiger partial charge in [0.1, 0.15) is 0 Å². The van der Waals surface area contributed by atoms with Crippen molar-refractivity contribution in [1.29, 1.82) is 0 Å². The first-order valence-corrected chi connectivity index (χ1v) is 3.05. The molecule has 0 aromatic heterocycles. The Bertz CT molecular complexity index is 75.5. The van der Waals surface area contributed by atoms with Gasteiger partial charge in [0, 0.05) is 6.42 Å². The lowest BCUT2D eigenvalue weighted by Gasteiger charge is -1.90. The van der Waals surface area contributed by atoms with Gasteiger partial charge in [0.25, 0.3) is 0 Å². The minimum atomic E-state index is -0.182. The van der Waals surface area contributed by atoms with E-state index in [1.165, 1.54) is 0 Å². The summed E-state index contributed by atoms with van der Waals surface area (Å²) in [6.45, 7) is 2.10. The lowest BCUT2D eigenvalue weighted by molar-refractivity contribution is -0.118. The van der Waals surface area contributed by atoms with Crippen molar-refractivity contribution in [3.05, 3.63) is 0 Å². The van der Waals surface area contributed by atoms with Crippen LogP contribution < -0.4 is 5.73 Å². The number of primary amides is 1.